The summed E-state index contributed by atoms with van der Waals surface area (Å²) >= 11 is 0. The molecule has 4 heteroatoms. The van der Waals surface area contributed by atoms with Crippen LogP contribution in [0.4, 0.5) is 0 Å². The number of hydrogen-bond acceptors (Lipinski definition) is 3. The van der Waals surface area contributed by atoms with E-state index in [0.29, 0.717) is 11.7 Å². The van der Waals surface area contributed by atoms with E-state index in [1.165, 1.54) is 32.1 Å². The number of ether oxygens (including phenoxy) is 1. The Balaban J connectivity index is 1.65. The van der Waals surface area contributed by atoms with Crippen molar-refractivity contribution in [2.24, 2.45) is 11.0 Å². The number of rotatable bonds is 5. The molecule has 19 heavy (non-hydrogen) atoms. The van der Waals surface area contributed by atoms with E-state index in [1.54, 1.807) is 0 Å². The Kier molecular flexibility index (Phi) is 5.41. The lowest BCUT2D eigenvalue weighted by atomic mass is 9.90. The van der Waals surface area contributed by atoms with Gasteiger partial charge in [0, 0.05) is 6.21 Å². The molecule has 0 radical (unpaired) electrons. The van der Waals surface area contributed by atoms with E-state index in [0.717, 1.165) is 0 Å². The Hall–Kier alpha value is -1.84. The molecule has 0 aliphatic heterocycles. The molecule has 0 bridgehead atoms. The molecule has 1 N–H and O–H groups in total. The lowest BCUT2D eigenvalue weighted by Crippen LogP contribution is -2.25. The Labute approximate surface area is 113 Å². The number of hydrazone groups is 1. The molecule has 0 unspecified atom stereocenters. The second-order valence-corrected chi connectivity index (χ2v) is 4.81. The predicted molar refractivity (Wildman–Crippen MR) is 75.1 cm³/mol. The van der Waals surface area contributed by atoms with E-state index >= 15 is 0 Å². The van der Waals surface area contributed by atoms with Gasteiger partial charge in [-0.2, -0.15) is 5.10 Å². The van der Waals surface area contributed by atoms with Crippen LogP contribution in [0.25, 0.3) is 0 Å². The minimum Gasteiger partial charge on any atom is -0.484 e. The molecule has 1 fully saturated rings. The molecule has 0 saturated heterocycles. The van der Waals surface area contributed by atoms with Crippen LogP contribution in [0, 0.1) is 5.92 Å². The molecule has 0 atom stereocenters. The van der Waals surface area contributed by atoms with Crippen LogP contribution in [-0.2, 0) is 4.79 Å². The third-order valence-corrected chi connectivity index (χ3v) is 3.24. The van der Waals surface area contributed by atoms with Gasteiger partial charge in [-0.25, -0.2) is 5.43 Å². The predicted octanol–water partition coefficient (Wildman–Crippen LogP) is 2.75. The first-order chi connectivity index (χ1) is 9.34. The van der Waals surface area contributed by atoms with Crippen LogP contribution >= 0.6 is 0 Å². The van der Waals surface area contributed by atoms with Gasteiger partial charge in [-0.3, -0.25) is 4.79 Å². The number of carbonyl (C=O) groups excluding carboxylic acids is 1. The summed E-state index contributed by atoms with van der Waals surface area (Å²) in [5, 5.41) is 4.00. The summed E-state index contributed by atoms with van der Waals surface area (Å²) in [6.45, 7) is -0.00792. The first kappa shape index (κ1) is 13.6. The number of nitrogens with one attached hydrogen (secondary N) is 1. The first-order valence-electron chi connectivity index (χ1n) is 6.84. The van der Waals surface area contributed by atoms with Crippen molar-refractivity contribution >= 4 is 12.1 Å². The van der Waals surface area contributed by atoms with Gasteiger partial charge >= 0.3 is 0 Å². The van der Waals surface area contributed by atoms with Gasteiger partial charge in [0.25, 0.3) is 5.91 Å². The molecule has 0 spiro atoms. The molecule has 1 aliphatic carbocycles. The third-order valence-electron chi connectivity index (χ3n) is 3.24. The van der Waals surface area contributed by atoms with Crippen LogP contribution in [0.5, 0.6) is 5.75 Å². The van der Waals surface area contributed by atoms with Gasteiger partial charge in [0.2, 0.25) is 0 Å². The highest BCUT2D eigenvalue weighted by Crippen LogP contribution is 2.21. The average molecular weight is 260 g/mol. The SMILES string of the molecule is O=C(COc1ccccc1)NN=CC1CCCCC1. The minimum atomic E-state index is -0.226. The Bertz CT molecular complexity index is 411. The van der Waals surface area contributed by atoms with Crippen molar-refractivity contribution in [3.8, 4) is 5.75 Å². The van der Waals surface area contributed by atoms with Gasteiger partial charge in [0.15, 0.2) is 6.61 Å². The number of benzene rings is 1. The van der Waals surface area contributed by atoms with Crippen LogP contribution in [0.2, 0.25) is 0 Å². The quantitative estimate of drug-likeness (QED) is 0.653. The van der Waals surface area contributed by atoms with Crippen molar-refractivity contribution in [3.63, 3.8) is 0 Å². The first-order valence-corrected chi connectivity index (χ1v) is 6.84. The molecule has 102 valence electrons. The van der Waals surface area contributed by atoms with Gasteiger partial charge in [-0.1, -0.05) is 37.5 Å². The van der Waals surface area contributed by atoms with Crippen molar-refractivity contribution in [1.82, 2.24) is 5.43 Å². The normalized spacial score (nSPS) is 16.4. The highest BCUT2D eigenvalue weighted by Gasteiger charge is 2.10. The summed E-state index contributed by atoms with van der Waals surface area (Å²) in [6.07, 6.45) is 8.07. The second-order valence-electron chi connectivity index (χ2n) is 4.81. The van der Waals surface area contributed by atoms with Crippen LogP contribution in [0.15, 0.2) is 35.4 Å². The lowest BCUT2D eigenvalue weighted by Gasteiger charge is -2.16. The van der Waals surface area contributed by atoms with Gasteiger partial charge in [-0.05, 0) is 30.9 Å². The van der Waals surface area contributed by atoms with Gasteiger partial charge < -0.3 is 4.74 Å². The summed E-state index contributed by atoms with van der Waals surface area (Å²) in [4.78, 5) is 11.5. The third kappa shape index (κ3) is 5.12. The fourth-order valence-corrected chi connectivity index (χ4v) is 2.20. The Morgan fingerprint density at radius 3 is 2.74 bits per heavy atom. The van der Waals surface area contributed by atoms with Gasteiger partial charge in [0.05, 0.1) is 0 Å². The van der Waals surface area contributed by atoms with Crippen LogP contribution in [-0.4, -0.2) is 18.7 Å². The molecule has 1 amide bonds. The number of para-hydroxylation sites is 1. The maximum absolute atomic E-state index is 11.5. The molecule has 1 aromatic rings. The zero-order valence-electron chi connectivity index (χ0n) is 11.0. The van der Waals surface area contributed by atoms with Crippen LogP contribution in [0.3, 0.4) is 0 Å². The number of carbonyl (C=O) groups is 1. The van der Waals surface area contributed by atoms with Crippen molar-refractivity contribution in [2.75, 3.05) is 6.61 Å². The van der Waals surface area contributed by atoms with E-state index in [-0.39, 0.29) is 12.5 Å². The Morgan fingerprint density at radius 2 is 2.00 bits per heavy atom. The highest BCUT2D eigenvalue weighted by atomic mass is 16.5. The van der Waals surface area contributed by atoms with E-state index < -0.39 is 0 Å². The standard InChI is InChI=1S/C15H20N2O2/c18-15(12-19-14-9-5-2-6-10-14)17-16-11-13-7-3-1-4-8-13/h2,5-6,9-11,13H,1,3-4,7-8,12H2,(H,17,18). The highest BCUT2D eigenvalue weighted by molar-refractivity contribution is 5.78. The maximum atomic E-state index is 11.5. The molecule has 2 rings (SSSR count). The Morgan fingerprint density at radius 1 is 1.26 bits per heavy atom. The molecule has 1 aromatic carbocycles. The molecule has 0 aromatic heterocycles. The van der Waals surface area contributed by atoms with E-state index in [4.69, 9.17) is 4.74 Å². The molecule has 1 saturated carbocycles. The summed E-state index contributed by atoms with van der Waals surface area (Å²) < 4.78 is 5.32. The second kappa shape index (κ2) is 7.56. The van der Waals surface area contributed by atoms with Crippen molar-refractivity contribution in [1.29, 1.82) is 0 Å². The van der Waals surface area contributed by atoms with Gasteiger partial charge in [-0.15, -0.1) is 0 Å². The zero-order valence-corrected chi connectivity index (χ0v) is 11.0. The van der Waals surface area contributed by atoms with E-state index in [2.05, 4.69) is 10.5 Å². The topological polar surface area (TPSA) is 50.7 Å². The molecule has 0 heterocycles. The largest absolute Gasteiger partial charge is 0.484 e. The number of nitrogens with zero attached hydrogens (tertiary/aromatic N) is 1. The monoisotopic (exact) mass is 260 g/mol. The lowest BCUT2D eigenvalue weighted by molar-refractivity contribution is -0.123. The summed E-state index contributed by atoms with van der Waals surface area (Å²) in [7, 11) is 0. The summed E-state index contributed by atoms with van der Waals surface area (Å²) in [5.74, 6) is 0.980. The zero-order chi connectivity index (χ0) is 13.3. The van der Waals surface area contributed by atoms with E-state index in [1.807, 2.05) is 36.5 Å². The fraction of sp³-hybridized carbons (Fsp3) is 0.467. The molecule has 4 nitrogen and oxygen atoms in total. The maximum Gasteiger partial charge on any atom is 0.277 e. The number of hydrogen-bond donors (Lipinski definition) is 1. The van der Waals surface area contributed by atoms with Crippen molar-refractivity contribution in [2.45, 2.75) is 32.1 Å². The molecular weight excluding hydrogens is 240 g/mol. The van der Waals surface area contributed by atoms with Crippen molar-refractivity contribution < 1.29 is 9.53 Å². The average Bonchev–Trinajstić information content (AvgIpc) is 2.47. The minimum absolute atomic E-state index is 0.00792. The van der Waals surface area contributed by atoms with Crippen LogP contribution in [0.1, 0.15) is 32.1 Å². The van der Waals surface area contributed by atoms with Crippen LogP contribution < -0.4 is 10.2 Å². The fourth-order valence-electron chi connectivity index (χ4n) is 2.20. The summed E-state index contributed by atoms with van der Waals surface area (Å²) in [5.41, 5.74) is 2.51. The summed E-state index contributed by atoms with van der Waals surface area (Å²) in [6, 6.07) is 9.28. The van der Waals surface area contributed by atoms with Gasteiger partial charge in [0.1, 0.15) is 5.75 Å². The van der Waals surface area contributed by atoms with Crippen molar-refractivity contribution in [3.05, 3.63) is 30.3 Å². The molecule has 1 aliphatic rings. The smallest absolute Gasteiger partial charge is 0.277 e. The molecular formula is C15H20N2O2. The number of amides is 1. The van der Waals surface area contributed by atoms with E-state index in [9.17, 15) is 4.79 Å².